The van der Waals surface area contributed by atoms with Crippen molar-refractivity contribution in [1.82, 2.24) is 4.90 Å². The van der Waals surface area contributed by atoms with Crippen molar-refractivity contribution in [2.75, 3.05) is 39.1 Å². The van der Waals surface area contributed by atoms with Crippen LogP contribution in [0.5, 0.6) is 5.75 Å². The molecular formula is C24H38N2O2. The van der Waals surface area contributed by atoms with E-state index in [9.17, 15) is 4.79 Å². The van der Waals surface area contributed by atoms with Crippen LogP contribution in [0.2, 0.25) is 0 Å². The van der Waals surface area contributed by atoms with Gasteiger partial charge in [-0.15, -0.1) is 13.2 Å². The molecule has 156 valence electrons. The number of unbranched alkanes of at least 4 members (excludes halogenated alkanes) is 3. The van der Waals surface area contributed by atoms with Gasteiger partial charge in [0, 0.05) is 37.3 Å². The highest BCUT2D eigenvalue weighted by Gasteiger charge is 2.13. The number of rotatable bonds is 16. The van der Waals surface area contributed by atoms with Gasteiger partial charge in [-0.1, -0.05) is 31.9 Å². The molecule has 0 amide bonds. The second-order valence-corrected chi connectivity index (χ2v) is 7.45. The molecule has 4 nitrogen and oxygen atoms in total. The molecular weight excluding hydrogens is 348 g/mol. The van der Waals surface area contributed by atoms with Gasteiger partial charge in [0.25, 0.3) is 0 Å². The molecule has 0 radical (unpaired) electrons. The molecule has 1 N–H and O–H groups in total. The van der Waals surface area contributed by atoms with Gasteiger partial charge in [0.1, 0.15) is 5.75 Å². The zero-order valence-corrected chi connectivity index (χ0v) is 18.0. The lowest BCUT2D eigenvalue weighted by atomic mass is 9.99. The number of carbonyl (C=O) groups is 1. The van der Waals surface area contributed by atoms with Crippen molar-refractivity contribution in [3.05, 3.63) is 49.1 Å². The first-order valence-corrected chi connectivity index (χ1v) is 10.4. The van der Waals surface area contributed by atoms with Crippen molar-refractivity contribution in [2.24, 2.45) is 5.92 Å². The van der Waals surface area contributed by atoms with Gasteiger partial charge < -0.3 is 15.0 Å². The smallest absolute Gasteiger partial charge is 0.164 e. The van der Waals surface area contributed by atoms with Gasteiger partial charge in [-0.05, 0) is 50.9 Å². The molecule has 0 aliphatic carbocycles. The van der Waals surface area contributed by atoms with Gasteiger partial charge in [0.15, 0.2) is 5.78 Å². The number of benzene rings is 1. The van der Waals surface area contributed by atoms with Crippen LogP contribution in [-0.4, -0.2) is 44.5 Å². The van der Waals surface area contributed by atoms with E-state index in [1.165, 1.54) is 19.3 Å². The van der Waals surface area contributed by atoms with E-state index >= 15 is 0 Å². The average Bonchev–Trinajstić information content (AvgIpc) is 2.70. The largest absolute Gasteiger partial charge is 0.494 e. The number of likely N-dealkylation sites (N-methyl/N-ethyl adjacent to an activating group) is 1. The van der Waals surface area contributed by atoms with Crippen molar-refractivity contribution in [1.29, 1.82) is 0 Å². The third-order valence-corrected chi connectivity index (χ3v) is 4.93. The minimum Gasteiger partial charge on any atom is -0.494 e. The van der Waals surface area contributed by atoms with E-state index in [0.29, 0.717) is 18.9 Å². The maximum absolute atomic E-state index is 12.5. The van der Waals surface area contributed by atoms with Gasteiger partial charge in [0.05, 0.1) is 6.61 Å². The van der Waals surface area contributed by atoms with Crippen molar-refractivity contribution < 1.29 is 9.53 Å². The molecule has 1 aromatic carbocycles. The minimum atomic E-state index is 0.158. The SMILES string of the molecule is C=CCN(C)CCCCCCOc1ccc(C(=O)CCC(C)C=C)c(NC)c1. The molecule has 0 spiro atoms. The van der Waals surface area contributed by atoms with Crippen LogP contribution < -0.4 is 10.1 Å². The normalized spacial score (nSPS) is 11.9. The molecule has 0 aliphatic rings. The van der Waals surface area contributed by atoms with Gasteiger partial charge in [-0.25, -0.2) is 0 Å². The van der Waals surface area contributed by atoms with E-state index in [-0.39, 0.29) is 5.78 Å². The maximum atomic E-state index is 12.5. The van der Waals surface area contributed by atoms with E-state index in [0.717, 1.165) is 42.9 Å². The molecule has 0 saturated heterocycles. The first-order chi connectivity index (χ1) is 13.5. The summed E-state index contributed by atoms with van der Waals surface area (Å²) in [4.78, 5) is 14.8. The number of allylic oxidation sites excluding steroid dienone is 1. The summed E-state index contributed by atoms with van der Waals surface area (Å²) in [6.07, 6.45) is 9.81. The molecule has 1 rings (SSSR count). The summed E-state index contributed by atoms with van der Waals surface area (Å²) in [7, 11) is 3.96. The van der Waals surface area contributed by atoms with Crippen LogP contribution in [0, 0.1) is 5.92 Å². The fourth-order valence-corrected chi connectivity index (χ4v) is 3.01. The Morgan fingerprint density at radius 3 is 2.68 bits per heavy atom. The average molecular weight is 387 g/mol. The summed E-state index contributed by atoms with van der Waals surface area (Å²) in [5, 5.41) is 3.13. The van der Waals surface area contributed by atoms with Crippen molar-refractivity contribution in [3.8, 4) is 5.75 Å². The van der Waals surface area contributed by atoms with Crippen LogP contribution in [0.3, 0.4) is 0 Å². The number of ketones is 1. The first-order valence-electron chi connectivity index (χ1n) is 10.4. The Kier molecular flexibility index (Phi) is 12.0. The molecule has 0 bridgehead atoms. The summed E-state index contributed by atoms with van der Waals surface area (Å²) in [5.74, 6) is 1.32. The Labute approximate surface area is 171 Å². The summed E-state index contributed by atoms with van der Waals surface area (Å²) < 4.78 is 5.88. The molecule has 1 unspecified atom stereocenters. The van der Waals surface area contributed by atoms with Gasteiger partial charge in [-0.2, -0.15) is 0 Å². The number of anilines is 1. The summed E-state index contributed by atoms with van der Waals surface area (Å²) >= 11 is 0. The predicted octanol–water partition coefficient (Wildman–Crippen LogP) is 5.57. The fraction of sp³-hybridized carbons (Fsp3) is 0.542. The lowest BCUT2D eigenvalue weighted by molar-refractivity contribution is 0.0977. The summed E-state index contributed by atoms with van der Waals surface area (Å²) in [5.41, 5.74) is 1.56. The standard InChI is InChI=1S/C24H38N2O2/c1-6-16-26(5)17-10-8-9-11-18-28-21-13-14-22(23(19-21)25-4)24(27)15-12-20(3)7-2/h6-7,13-14,19-20,25H,1-2,8-12,15-18H2,3-5H3. The molecule has 1 atom stereocenters. The molecule has 0 heterocycles. The van der Waals surface area contributed by atoms with Crippen LogP contribution in [0.1, 0.15) is 55.8 Å². The highest BCUT2D eigenvalue weighted by Crippen LogP contribution is 2.25. The molecule has 4 heteroatoms. The van der Waals surface area contributed by atoms with Crippen molar-refractivity contribution >= 4 is 11.5 Å². The van der Waals surface area contributed by atoms with Crippen LogP contribution in [0.25, 0.3) is 0 Å². The Hall–Kier alpha value is -2.07. The number of hydrogen-bond donors (Lipinski definition) is 1. The third-order valence-electron chi connectivity index (χ3n) is 4.93. The minimum absolute atomic E-state index is 0.158. The van der Waals surface area contributed by atoms with Crippen molar-refractivity contribution in [2.45, 2.75) is 45.4 Å². The third kappa shape index (κ3) is 9.23. The second-order valence-electron chi connectivity index (χ2n) is 7.45. The van der Waals surface area contributed by atoms with E-state index < -0.39 is 0 Å². The first kappa shape index (κ1) is 24.0. The van der Waals surface area contributed by atoms with Crippen LogP contribution in [0.4, 0.5) is 5.69 Å². The lowest BCUT2D eigenvalue weighted by Gasteiger charge is -2.14. The maximum Gasteiger partial charge on any atom is 0.164 e. The van der Waals surface area contributed by atoms with Gasteiger partial charge in [-0.3, -0.25) is 4.79 Å². The zero-order chi connectivity index (χ0) is 20.8. The van der Waals surface area contributed by atoms with Crippen LogP contribution in [0.15, 0.2) is 43.5 Å². The predicted molar refractivity (Wildman–Crippen MR) is 121 cm³/mol. The van der Waals surface area contributed by atoms with E-state index in [4.69, 9.17) is 4.74 Å². The van der Waals surface area contributed by atoms with Crippen LogP contribution in [-0.2, 0) is 0 Å². The topological polar surface area (TPSA) is 41.6 Å². The number of nitrogens with one attached hydrogen (secondary N) is 1. The number of ether oxygens (including phenoxy) is 1. The number of Topliss-reactive ketones (excluding diaryl/α,β-unsaturated/α-hetero) is 1. The van der Waals surface area contributed by atoms with E-state index in [1.54, 1.807) is 0 Å². The monoisotopic (exact) mass is 386 g/mol. The summed E-state index contributed by atoms with van der Waals surface area (Å²) in [6.45, 7) is 12.4. The molecule has 28 heavy (non-hydrogen) atoms. The number of carbonyl (C=O) groups excluding carboxylic acids is 1. The molecule has 0 aliphatic heterocycles. The molecule has 0 aromatic heterocycles. The van der Waals surface area contributed by atoms with Crippen LogP contribution >= 0.6 is 0 Å². The molecule has 1 aromatic rings. The molecule has 0 fully saturated rings. The van der Waals surface area contributed by atoms with Gasteiger partial charge in [0.2, 0.25) is 0 Å². The van der Waals surface area contributed by atoms with Crippen molar-refractivity contribution in [3.63, 3.8) is 0 Å². The lowest BCUT2D eigenvalue weighted by Crippen LogP contribution is -2.19. The Morgan fingerprint density at radius 2 is 2.00 bits per heavy atom. The second kappa shape index (κ2) is 14.0. The van der Waals surface area contributed by atoms with E-state index in [1.807, 2.05) is 37.4 Å². The fourth-order valence-electron chi connectivity index (χ4n) is 3.01. The Morgan fingerprint density at radius 1 is 1.25 bits per heavy atom. The summed E-state index contributed by atoms with van der Waals surface area (Å²) in [6, 6.07) is 5.70. The number of nitrogens with zero attached hydrogens (tertiary/aromatic N) is 1. The Balaban J connectivity index is 2.38. The Bertz CT molecular complexity index is 613. The van der Waals surface area contributed by atoms with E-state index in [2.05, 4.69) is 37.3 Å². The number of hydrogen-bond acceptors (Lipinski definition) is 4. The molecule has 0 saturated carbocycles. The zero-order valence-electron chi connectivity index (χ0n) is 18.0. The highest BCUT2D eigenvalue weighted by atomic mass is 16.5. The quantitative estimate of drug-likeness (QED) is 0.229. The highest BCUT2D eigenvalue weighted by molar-refractivity contribution is 6.01. The van der Waals surface area contributed by atoms with Gasteiger partial charge >= 0.3 is 0 Å².